The molecule has 1 aromatic rings. The van der Waals surface area contributed by atoms with Gasteiger partial charge in [0.1, 0.15) is 5.82 Å². The number of nitrogens with zero attached hydrogens (tertiary/aromatic N) is 3. The molecule has 0 unspecified atom stereocenters. The van der Waals surface area contributed by atoms with Crippen LogP contribution in [0.4, 0.5) is 5.95 Å². The lowest BCUT2D eigenvalue weighted by Gasteiger charge is -2.12. The fourth-order valence-electron chi connectivity index (χ4n) is 0.619. The van der Waals surface area contributed by atoms with Gasteiger partial charge in [-0.1, -0.05) is 0 Å². The number of nitrogens with one attached hydrogen (secondary N) is 1. The molecular formula is C5H9N5OS. The summed E-state index contributed by atoms with van der Waals surface area (Å²) in [6, 6.07) is 0. The van der Waals surface area contributed by atoms with Crippen LogP contribution >= 0.6 is 12.2 Å². The molecule has 0 radical (unpaired) electrons. The summed E-state index contributed by atoms with van der Waals surface area (Å²) in [6.45, 7) is 1.76. The fourth-order valence-corrected chi connectivity index (χ4v) is 0.700. The Morgan fingerprint density at radius 1 is 1.75 bits per heavy atom. The minimum atomic E-state index is 0.119. The third kappa shape index (κ3) is 1.69. The van der Waals surface area contributed by atoms with Crippen LogP contribution in [-0.2, 0) is 4.74 Å². The molecule has 0 aliphatic heterocycles. The van der Waals surface area contributed by atoms with Gasteiger partial charge in [0.05, 0.1) is 7.11 Å². The molecule has 0 aliphatic carbocycles. The molecule has 1 heterocycles. The lowest BCUT2D eigenvalue weighted by atomic mass is 10.7. The van der Waals surface area contributed by atoms with Gasteiger partial charge in [-0.2, -0.15) is 4.98 Å². The Balaban J connectivity index is 2.77. The number of anilines is 1. The van der Waals surface area contributed by atoms with Crippen LogP contribution in [0.25, 0.3) is 0 Å². The second kappa shape index (κ2) is 3.46. The molecule has 1 aromatic heterocycles. The second-order valence-corrected chi connectivity index (χ2v) is 2.41. The number of H-pyrrole nitrogens is 1. The Bertz CT molecular complexity index is 285. The third-order valence-electron chi connectivity index (χ3n) is 1.17. The third-order valence-corrected chi connectivity index (χ3v) is 1.54. The quantitative estimate of drug-likeness (QED) is 0.358. The molecule has 0 saturated carbocycles. The number of hydrogen-bond donors (Lipinski definition) is 2. The summed E-state index contributed by atoms with van der Waals surface area (Å²) < 4.78 is 4.71. The average molecular weight is 187 g/mol. The Hall–Kier alpha value is -1.21. The van der Waals surface area contributed by atoms with Gasteiger partial charge in [0.15, 0.2) is 0 Å². The summed E-state index contributed by atoms with van der Waals surface area (Å²) in [5.74, 6) is 6.44. The van der Waals surface area contributed by atoms with E-state index >= 15 is 0 Å². The molecule has 0 atom stereocenters. The summed E-state index contributed by atoms with van der Waals surface area (Å²) >= 11 is 4.75. The van der Waals surface area contributed by atoms with Gasteiger partial charge in [0, 0.05) is 0 Å². The maximum Gasteiger partial charge on any atom is 0.281 e. The highest BCUT2D eigenvalue weighted by molar-refractivity contribution is 7.80. The van der Waals surface area contributed by atoms with E-state index in [4.69, 9.17) is 22.8 Å². The van der Waals surface area contributed by atoms with E-state index in [-0.39, 0.29) is 5.17 Å². The molecular weight excluding hydrogens is 178 g/mol. The molecule has 3 N–H and O–H groups in total. The van der Waals surface area contributed by atoms with Crippen molar-refractivity contribution in [1.29, 1.82) is 0 Å². The van der Waals surface area contributed by atoms with Crippen molar-refractivity contribution in [2.45, 2.75) is 6.92 Å². The zero-order valence-electron chi connectivity index (χ0n) is 6.74. The minimum Gasteiger partial charge on any atom is -0.473 e. The molecule has 6 nitrogen and oxygen atoms in total. The van der Waals surface area contributed by atoms with Crippen LogP contribution in [0.3, 0.4) is 0 Å². The Morgan fingerprint density at radius 2 is 2.42 bits per heavy atom. The number of aryl methyl sites for hydroxylation is 1. The number of hydrazine groups is 1. The van der Waals surface area contributed by atoms with Crippen LogP contribution in [0.2, 0.25) is 0 Å². The SMILES string of the molecule is COC(=S)N(N)c1n[nH]c(C)n1. The van der Waals surface area contributed by atoms with E-state index in [9.17, 15) is 0 Å². The van der Waals surface area contributed by atoms with E-state index in [0.717, 1.165) is 5.01 Å². The van der Waals surface area contributed by atoms with Crippen LogP contribution in [0.5, 0.6) is 0 Å². The average Bonchev–Trinajstić information content (AvgIpc) is 2.49. The van der Waals surface area contributed by atoms with Crippen molar-refractivity contribution < 1.29 is 4.74 Å². The van der Waals surface area contributed by atoms with Crippen LogP contribution in [0.1, 0.15) is 5.82 Å². The molecule has 0 aliphatic rings. The van der Waals surface area contributed by atoms with Gasteiger partial charge in [0.2, 0.25) is 0 Å². The molecule has 0 spiro atoms. The van der Waals surface area contributed by atoms with E-state index in [1.165, 1.54) is 7.11 Å². The number of methoxy groups -OCH3 is 1. The Labute approximate surface area is 74.7 Å². The van der Waals surface area contributed by atoms with Gasteiger partial charge >= 0.3 is 0 Å². The smallest absolute Gasteiger partial charge is 0.281 e. The summed E-state index contributed by atoms with van der Waals surface area (Å²) in [5.41, 5.74) is 0. The zero-order valence-corrected chi connectivity index (χ0v) is 7.55. The first-order valence-corrected chi connectivity index (χ1v) is 3.57. The highest BCUT2D eigenvalue weighted by Gasteiger charge is 2.11. The molecule has 1 rings (SSSR count). The molecule has 0 saturated heterocycles. The molecule has 0 aromatic carbocycles. The topological polar surface area (TPSA) is 80.1 Å². The van der Waals surface area contributed by atoms with E-state index < -0.39 is 0 Å². The number of rotatable bonds is 1. The van der Waals surface area contributed by atoms with Gasteiger partial charge < -0.3 is 4.74 Å². The molecule has 0 fully saturated rings. The molecule has 12 heavy (non-hydrogen) atoms. The molecule has 66 valence electrons. The predicted molar refractivity (Wildman–Crippen MR) is 47.4 cm³/mol. The van der Waals surface area contributed by atoms with E-state index in [0.29, 0.717) is 11.8 Å². The monoisotopic (exact) mass is 187 g/mol. The van der Waals surface area contributed by atoms with E-state index in [1.807, 2.05) is 0 Å². The minimum absolute atomic E-state index is 0.119. The van der Waals surface area contributed by atoms with E-state index in [1.54, 1.807) is 6.92 Å². The number of nitrogens with two attached hydrogens (primary N) is 1. The van der Waals surface area contributed by atoms with Gasteiger partial charge in [-0.15, -0.1) is 5.10 Å². The van der Waals surface area contributed by atoms with Gasteiger partial charge in [-0.3, -0.25) is 5.10 Å². The summed E-state index contributed by atoms with van der Waals surface area (Å²) in [5, 5.41) is 7.61. The maximum absolute atomic E-state index is 5.48. The number of ether oxygens (including phenoxy) is 1. The fraction of sp³-hybridized carbons (Fsp3) is 0.400. The van der Waals surface area contributed by atoms with Crippen LogP contribution in [0.15, 0.2) is 0 Å². The van der Waals surface area contributed by atoms with Gasteiger partial charge in [-0.25, -0.2) is 10.9 Å². The summed E-state index contributed by atoms with van der Waals surface area (Å²) in [6.07, 6.45) is 0. The molecule has 0 bridgehead atoms. The van der Waals surface area contributed by atoms with Crippen molar-refractivity contribution in [3.8, 4) is 0 Å². The standard InChI is InChI=1S/C5H9N5OS/c1-3-7-4(9-8-3)10(6)5(12)11-2/h6H2,1-2H3,(H,7,8,9). The summed E-state index contributed by atoms with van der Waals surface area (Å²) in [7, 11) is 1.43. The first kappa shape index (κ1) is 8.88. The number of hydrogen-bond acceptors (Lipinski definition) is 5. The molecule has 0 amide bonds. The summed E-state index contributed by atoms with van der Waals surface area (Å²) in [4.78, 5) is 3.95. The highest BCUT2D eigenvalue weighted by Crippen LogP contribution is 2.02. The van der Waals surface area contributed by atoms with Crippen molar-refractivity contribution in [2.75, 3.05) is 12.1 Å². The lowest BCUT2D eigenvalue weighted by molar-refractivity contribution is 0.402. The van der Waals surface area contributed by atoms with Crippen molar-refractivity contribution >= 4 is 23.3 Å². The van der Waals surface area contributed by atoms with Crippen molar-refractivity contribution in [3.05, 3.63) is 5.82 Å². The van der Waals surface area contributed by atoms with E-state index in [2.05, 4.69) is 15.2 Å². The number of aromatic amines is 1. The number of thiocarbonyl (C=S) groups is 1. The normalized spacial score (nSPS) is 9.58. The Kier molecular flexibility index (Phi) is 2.56. The molecule has 7 heteroatoms. The van der Waals surface area contributed by atoms with Crippen molar-refractivity contribution in [2.24, 2.45) is 5.84 Å². The second-order valence-electron chi connectivity index (χ2n) is 2.06. The Morgan fingerprint density at radius 3 is 2.83 bits per heavy atom. The van der Waals surface area contributed by atoms with Gasteiger partial charge in [0.25, 0.3) is 11.1 Å². The first-order chi connectivity index (χ1) is 5.65. The lowest BCUT2D eigenvalue weighted by Crippen LogP contribution is -2.38. The maximum atomic E-state index is 5.48. The largest absolute Gasteiger partial charge is 0.473 e. The van der Waals surface area contributed by atoms with Crippen molar-refractivity contribution in [1.82, 2.24) is 15.2 Å². The predicted octanol–water partition coefficient (Wildman–Crippen LogP) is -0.275. The zero-order chi connectivity index (χ0) is 9.14. The first-order valence-electron chi connectivity index (χ1n) is 3.17. The number of aromatic nitrogens is 3. The van der Waals surface area contributed by atoms with Crippen LogP contribution in [0, 0.1) is 6.92 Å². The van der Waals surface area contributed by atoms with Gasteiger partial charge in [-0.05, 0) is 19.1 Å². The van der Waals surface area contributed by atoms with Crippen LogP contribution in [-0.4, -0.2) is 27.5 Å². The van der Waals surface area contributed by atoms with Crippen LogP contribution < -0.4 is 10.9 Å². The highest BCUT2D eigenvalue weighted by atomic mass is 32.1. The van der Waals surface area contributed by atoms with Crippen molar-refractivity contribution in [3.63, 3.8) is 0 Å².